The van der Waals surface area contributed by atoms with Gasteiger partial charge in [-0.05, 0) is 80.4 Å². The Morgan fingerprint density at radius 3 is 2.06 bits per heavy atom. The number of carbonyl (C=O) groups excluding carboxylic acids is 2. The first-order valence-electron chi connectivity index (χ1n) is 18.3. The second-order valence-electron chi connectivity index (χ2n) is 13.5. The average molecular weight is 707 g/mol. The van der Waals surface area contributed by atoms with Crippen LogP contribution >= 0.6 is 0 Å². The van der Waals surface area contributed by atoms with E-state index in [1.54, 1.807) is 13.3 Å². The Morgan fingerprint density at radius 1 is 0.698 bits per heavy atom. The molecule has 0 aliphatic carbocycles. The number of carbonyl (C=O) groups is 2. The van der Waals surface area contributed by atoms with Crippen molar-refractivity contribution in [2.24, 2.45) is 0 Å². The van der Waals surface area contributed by atoms with Crippen LogP contribution in [-0.4, -0.2) is 70.5 Å². The highest BCUT2D eigenvalue weighted by atomic mass is 16.5. The zero-order valence-corrected chi connectivity index (χ0v) is 31.2. The van der Waals surface area contributed by atoms with Gasteiger partial charge in [0.05, 0.1) is 43.2 Å². The summed E-state index contributed by atoms with van der Waals surface area (Å²) in [6.45, 7) is 14.4. The molecule has 0 unspecified atom stereocenters. The van der Waals surface area contributed by atoms with Crippen molar-refractivity contribution in [1.29, 1.82) is 0 Å². The van der Waals surface area contributed by atoms with Crippen LogP contribution in [-0.2, 0) is 17.8 Å². The molecule has 0 spiro atoms. The van der Waals surface area contributed by atoms with Crippen LogP contribution in [0.3, 0.4) is 0 Å². The Bertz CT molecular complexity index is 2430. The number of aromatic nitrogens is 3. The van der Waals surface area contributed by atoms with E-state index in [2.05, 4.69) is 51.9 Å². The highest BCUT2D eigenvalue weighted by Crippen LogP contribution is 2.32. The highest BCUT2D eigenvalue weighted by Gasteiger charge is 2.24. The SMILES string of the molecule is CCn1c(C)c(C(=O)c2ccc(OC)cc2)c2ccccc21.Cc1ccc(C(=O)c2c(C)n(CCN3CCOCC3)c3cnccc23)c2ccccc12. The Labute approximate surface area is 310 Å². The number of ketones is 2. The van der Waals surface area contributed by atoms with E-state index in [4.69, 9.17) is 9.47 Å². The van der Waals surface area contributed by atoms with Gasteiger partial charge in [0.25, 0.3) is 0 Å². The normalized spacial score (nSPS) is 13.3. The molecule has 0 saturated carbocycles. The summed E-state index contributed by atoms with van der Waals surface area (Å²) in [7, 11) is 1.62. The summed E-state index contributed by atoms with van der Waals surface area (Å²) in [5.74, 6) is 0.892. The van der Waals surface area contributed by atoms with Crippen LogP contribution in [0.4, 0.5) is 0 Å². The van der Waals surface area contributed by atoms with Crippen LogP contribution in [0.2, 0.25) is 0 Å². The summed E-state index contributed by atoms with van der Waals surface area (Å²) in [5, 5.41) is 4.13. The quantitative estimate of drug-likeness (QED) is 0.140. The minimum Gasteiger partial charge on any atom is -0.497 e. The first kappa shape index (κ1) is 35.8. The number of hydrogen-bond acceptors (Lipinski definition) is 6. The molecule has 8 heteroatoms. The van der Waals surface area contributed by atoms with Gasteiger partial charge < -0.3 is 18.6 Å². The molecule has 1 saturated heterocycles. The molecule has 3 aromatic heterocycles. The summed E-state index contributed by atoms with van der Waals surface area (Å²) in [6.07, 6.45) is 3.66. The molecule has 270 valence electrons. The van der Waals surface area contributed by atoms with E-state index < -0.39 is 0 Å². The third kappa shape index (κ3) is 6.88. The van der Waals surface area contributed by atoms with E-state index in [1.807, 2.05) is 92.0 Å². The summed E-state index contributed by atoms with van der Waals surface area (Å²) < 4.78 is 15.1. The van der Waals surface area contributed by atoms with E-state index >= 15 is 0 Å². The highest BCUT2D eigenvalue weighted by molar-refractivity contribution is 6.22. The van der Waals surface area contributed by atoms with Crippen LogP contribution in [0.5, 0.6) is 5.75 Å². The van der Waals surface area contributed by atoms with Gasteiger partial charge in [0, 0.05) is 77.7 Å². The molecule has 0 N–H and O–H groups in total. The minimum absolute atomic E-state index is 0.0588. The van der Waals surface area contributed by atoms with Gasteiger partial charge in [-0.3, -0.25) is 19.5 Å². The van der Waals surface area contributed by atoms with Crippen molar-refractivity contribution >= 4 is 44.1 Å². The Balaban J connectivity index is 0.000000174. The molecule has 1 aliphatic heterocycles. The molecule has 0 amide bonds. The number of aryl methyl sites for hydroxylation is 2. The van der Waals surface area contributed by atoms with Crippen LogP contribution in [0.25, 0.3) is 32.6 Å². The lowest BCUT2D eigenvalue weighted by molar-refractivity contribution is 0.0365. The number of hydrogen-bond donors (Lipinski definition) is 0. The van der Waals surface area contributed by atoms with E-state index in [0.717, 1.165) is 112 Å². The van der Waals surface area contributed by atoms with Crippen LogP contribution in [0.1, 0.15) is 55.7 Å². The van der Waals surface area contributed by atoms with Crippen molar-refractivity contribution < 1.29 is 19.1 Å². The number of benzene rings is 4. The van der Waals surface area contributed by atoms with E-state index in [1.165, 1.54) is 5.56 Å². The summed E-state index contributed by atoms with van der Waals surface area (Å²) in [5.41, 5.74) is 8.36. The topological polar surface area (TPSA) is 78.6 Å². The summed E-state index contributed by atoms with van der Waals surface area (Å²) in [4.78, 5) is 33.6. The fourth-order valence-corrected chi connectivity index (χ4v) is 7.76. The van der Waals surface area contributed by atoms with Crippen LogP contribution < -0.4 is 4.74 Å². The Kier molecular flexibility index (Phi) is 10.5. The standard InChI is InChI=1S/C26H27N3O2.C19H19NO2/c1-18-7-8-22(21-6-4-3-5-20(18)21)26(30)25-19(2)29(24-17-27-10-9-23(24)25)12-11-28-13-15-31-16-14-28;1-4-20-13(2)18(16-7-5-6-8-17(16)20)19(21)14-9-11-15(22-3)12-10-14/h3-10,17H,11-16H2,1-2H3;5-12H,4H2,1-3H3. The molecule has 1 fully saturated rings. The van der Waals surface area contributed by atoms with Gasteiger partial charge in [0.1, 0.15) is 5.75 Å². The number of rotatable bonds is 9. The van der Waals surface area contributed by atoms with Crippen molar-refractivity contribution in [3.8, 4) is 5.75 Å². The maximum Gasteiger partial charge on any atom is 0.196 e. The van der Waals surface area contributed by atoms with Gasteiger partial charge in [-0.2, -0.15) is 0 Å². The first-order chi connectivity index (χ1) is 25.8. The molecule has 0 atom stereocenters. The van der Waals surface area contributed by atoms with Crippen molar-refractivity contribution in [2.45, 2.75) is 40.8 Å². The second-order valence-corrected chi connectivity index (χ2v) is 13.5. The number of morpholine rings is 1. The van der Waals surface area contributed by atoms with Crippen molar-refractivity contribution in [3.05, 3.63) is 143 Å². The first-order valence-corrected chi connectivity index (χ1v) is 18.3. The predicted octanol–water partition coefficient (Wildman–Crippen LogP) is 8.58. The number of methoxy groups -OCH3 is 1. The largest absolute Gasteiger partial charge is 0.497 e. The number of pyridine rings is 1. The second kappa shape index (κ2) is 15.6. The number of ether oxygens (including phenoxy) is 2. The zero-order chi connectivity index (χ0) is 37.1. The van der Waals surface area contributed by atoms with Gasteiger partial charge in [-0.1, -0.05) is 54.6 Å². The average Bonchev–Trinajstić information content (AvgIpc) is 3.66. The molecule has 53 heavy (non-hydrogen) atoms. The molecule has 1 aliphatic rings. The number of para-hydroxylation sites is 1. The van der Waals surface area contributed by atoms with Crippen LogP contribution in [0, 0.1) is 20.8 Å². The van der Waals surface area contributed by atoms with Crippen molar-refractivity contribution in [3.63, 3.8) is 0 Å². The molecular weight excluding hydrogens is 661 g/mol. The number of fused-ring (bicyclic) bond motifs is 3. The van der Waals surface area contributed by atoms with Crippen molar-refractivity contribution in [2.75, 3.05) is 40.0 Å². The van der Waals surface area contributed by atoms with E-state index in [9.17, 15) is 9.59 Å². The molecular formula is C45H46N4O4. The van der Waals surface area contributed by atoms with Gasteiger partial charge in [0.15, 0.2) is 11.6 Å². The van der Waals surface area contributed by atoms with Gasteiger partial charge in [0.2, 0.25) is 0 Å². The molecule has 4 heterocycles. The summed E-state index contributed by atoms with van der Waals surface area (Å²) >= 11 is 0. The zero-order valence-electron chi connectivity index (χ0n) is 31.2. The van der Waals surface area contributed by atoms with E-state index in [0.29, 0.717) is 5.56 Å². The summed E-state index contributed by atoms with van der Waals surface area (Å²) in [6, 6.07) is 29.5. The van der Waals surface area contributed by atoms with Gasteiger partial charge >= 0.3 is 0 Å². The fraction of sp³-hybridized carbons (Fsp3) is 0.267. The minimum atomic E-state index is 0.0588. The maximum absolute atomic E-state index is 13.9. The van der Waals surface area contributed by atoms with Gasteiger partial charge in [-0.15, -0.1) is 0 Å². The van der Waals surface area contributed by atoms with Crippen molar-refractivity contribution in [1.82, 2.24) is 19.0 Å². The maximum atomic E-state index is 13.9. The van der Waals surface area contributed by atoms with E-state index in [-0.39, 0.29) is 11.6 Å². The lowest BCUT2D eigenvalue weighted by Gasteiger charge is -2.27. The third-order valence-electron chi connectivity index (χ3n) is 10.6. The Morgan fingerprint density at radius 2 is 1.34 bits per heavy atom. The Hall–Kier alpha value is -5.57. The molecule has 8 nitrogen and oxygen atoms in total. The lowest BCUT2D eigenvalue weighted by atomic mass is 9.94. The van der Waals surface area contributed by atoms with Crippen LogP contribution in [0.15, 0.2) is 103 Å². The monoisotopic (exact) mass is 706 g/mol. The molecule has 4 aromatic carbocycles. The molecule has 7 aromatic rings. The van der Waals surface area contributed by atoms with Gasteiger partial charge in [-0.25, -0.2) is 0 Å². The molecule has 8 rings (SSSR count). The lowest BCUT2D eigenvalue weighted by Crippen LogP contribution is -2.38. The molecule has 0 bridgehead atoms. The number of nitrogens with zero attached hydrogens (tertiary/aromatic N) is 4. The predicted molar refractivity (Wildman–Crippen MR) is 213 cm³/mol. The fourth-order valence-electron chi connectivity index (χ4n) is 7.76. The molecule has 0 radical (unpaired) electrons. The third-order valence-corrected chi connectivity index (χ3v) is 10.6. The smallest absolute Gasteiger partial charge is 0.196 e.